The van der Waals surface area contributed by atoms with Crippen LogP contribution in [0.1, 0.15) is 24.8 Å². The molecule has 1 aliphatic rings. The van der Waals surface area contributed by atoms with Crippen LogP contribution in [-0.4, -0.2) is 36.9 Å². The van der Waals surface area contributed by atoms with Gasteiger partial charge in [-0.1, -0.05) is 0 Å². The predicted molar refractivity (Wildman–Crippen MR) is 82.3 cm³/mol. The van der Waals surface area contributed by atoms with Crippen molar-refractivity contribution in [2.75, 3.05) is 24.6 Å². The SMILES string of the molecule is N#Cc1ccc(N2CCC(OCCC(=O)O)CC2)c(Br)c1. The van der Waals surface area contributed by atoms with Crippen LogP contribution in [0, 0.1) is 11.3 Å². The Morgan fingerprint density at radius 2 is 2.19 bits per heavy atom. The van der Waals surface area contributed by atoms with E-state index < -0.39 is 5.97 Å². The summed E-state index contributed by atoms with van der Waals surface area (Å²) in [6.45, 7) is 2.00. The monoisotopic (exact) mass is 352 g/mol. The average Bonchev–Trinajstić information content (AvgIpc) is 2.47. The van der Waals surface area contributed by atoms with E-state index >= 15 is 0 Å². The van der Waals surface area contributed by atoms with Crippen LogP contribution < -0.4 is 4.90 Å². The summed E-state index contributed by atoms with van der Waals surface area (Å²) in [6.07, 6.45) is 1.96. The first-order valence-electron chi connectivity index (χ1n) is 6.88. The lowest BCUT2D eigenvalue weighted by molar-refractivity contribution is -0.138. The molecule has 112 valence electrons. The minimum Gasteiger partial charge on any atom is -0.481 e. The fourth-order valence-corrected chi connectivity index (χ4v) is 3.04. The number of hydrogen-bond acceptors (Lipinski definition) is 4. The van der Waals surface area contributed by atoms with Crippen molar-refractivity contribution in [3.63, 3.8) is 0 Å². The minimum atomic E-state index is -0.825. The van der Waals surface area contributed by atoms with E-state index in [1.807, 2.05) is 18.2 Å². The van der Waals surface area contributed by atoms with Crippen LogP contribution in [-0.2, 0) is 9.53 Å². The maximum absolute atomic E-state index is 10.5. The minimum absolute atomic E-state index is 0.0569. The molecule has 0 atom stereocenters. The number of nitrogens with zero attached hydrogens (tertiary/aromatic N) is 2. The molecule has 0 unspecified atom stereocenters. The van der Waals surface area contributed by atoms with Crippen molar-refractivity contribution >= 4 is 27.6 Å². The summed E-state index contributed by atoms with van der Waals surface area (Å²) in [4.78, 5) is 12.7. The molecule has 0 aliphatic carbocycles. The van der Waals surface area contributed by atoms with Crippen molar-refractivity contribution in [3.8, 4) is 6.07 Å². The van der Waals surface area contributed by atoms with E-state index in [4.69, 9.17) is 15.1 Å². The van der Waals surface area contributed by atoms with Gasteiger partial charge in [0.1, 0.15) is 0 Å². The largest absolute Gasteiger partial charge is 0.481 e. The summed E-state index contributed by atoms with van der Waals surface area (Å²) in [5.41, 5.74) is 1.72. The number of carboxylic acid groups (broad SMARTS) is 1. The van der Waals surface area contributed by atoms with Gasteiger partial charge in [0.25, 0.3) is 0 Å². The van der Waals surface area contributed by atoms with Crippen molar-refractivity contribution in [3.05, 3.63) is 28.2 Å². The van der Waals surface area contributed by atoms with Gasteiger partial charge in [-0.15, -0.1) is 0 Å². The highest BCUT2D eigenvalue weighted by Gasteiger charge is 2.21. The Balaban J connectivity index is 1.86. The van der Waals surface area contributed by atoms with Gasteiger partial charge in [-0.05, 0) is 47.0 Å². The van der Waals surface area contributed by atoms with Crippen molar-refractivity contribution in [2.24, 2.45) is 0 Å². The zero-order chi connectivity index (χ0) is 15.2. The smallest absolute Gasteiger partial charge is 0.305 e. The summed E-state index contributed by atoms with van der Waals surface area (Å²) in [6, 6.07) is 7.71. The summed E-state index contributed by atoms with van der Waals surface area (Å²) in [5.74, 6) is -0.825. The van der Waals surface area contributed by atoms with E-state index in [9.17, 15) is 4.79 Å². The number of benzene rings is 1. The molecule has 0 amide bonds. The molecule has 6 heteroatoms. The van der Waals surface area contributed by atoms with Crippen molar-refractivity contribution in [1.29, 1.82) is 5.26 Å². The average molecular weight is 353 g/mol. The maximum Gasteiger partial charge on any atom is 0.305 e. The van der Waals surface area contributed by atoms with Gasteiger partial charge >= 0.3 is 5.97 Å². The van der Waals surface area contributed by atoms with E-state index in [0.29, 0.717) is 5.56 Å². The Morgan fingerprint density at radius 3 is 2.76 bits per heavy atom. The number of nitriles is 1. The number of rotatable bonds is 5. The molecule has 0 aromatic heterocycles. The Bertz CT molecular complexity index is 548. The lowest BCUT2D eigenvalue weighted by Gasteiger charge is -2.34. The number of aliphatic carboxylic acids is 1. The second kappa shape index (κ2) is 7.43. The predicted octanol–water partition coefficient (Wildman–Crippen LogP) is 2.78. The molecule has 1 aliphatic heterocycles. The molecule has 0 saturated carbocycles. The van der Waals surface area contributed by atoms with E-state index in [-0.39, 0.29) is 19.1 Å². The molecule has 2 rings (SSSR count). The van der Waals surface area contributed by atoms with Crippen LogP contribution in [0.2, 0.25) is 0 Å². The third-order valence-electron chi connectivity index (χ3n) is 3.53. The Hall–Kier alpha value is -1.58. The summed E-state index contributed by atoms with van der Waals surface area (Å²) < 4.78 is 6.51. The molecule has 21 heavy (non-hydrogen) atoms. The third kappa shape index (κ3) is 4.45. The molecule has 1 aromatic carbocycles. The summed E-state index contributed by atoms with van der Waals surface area (Å²) in [7, 11) is 0. The van der Waals surface area contributed by atoms with Gasteiger partial charge in [-0.2, -0.15) is 5.26 Å². The van der Waals surface area contributed by atoms with E-state index in [1.54, 1.807) is 0 Å². The highest BCUT2D eigenvalue weighted by Crippen LogP contribution is 2.30. The van der Waals surface area contributed by atoms with Gasteiger partial charge in [0.05, 0.1) is 36.5 Å². The summed E-state index contributed by atoms with van der Waals surface area (Å²) >= 11 is 3.51. The molecule has 0 spiro atoms. The van der Waals surface area contributed by atoms with Crippen LogP contribution >= 0.6 is 15.9 Å². The fourth-order valence-electron chi connectivity index (χ4n) is 2.41. The molecule has 0 radical (unpaired) electrons. The zero-order valence-electron chi connectivity index (χ0n) is 11.6. The molecule has 0 bridgehead atoms. The third-order valence-corrected chi connectivity index (χ3v) is 4.16. The molecule has 1 heterocycles. The lowest BCUT2D eigenvalue weighted by atomic mass is 10.1. The number of carbonyl (C=O) groups is 1. The molecule has 1 N–H and O–H groups in total. The highest BCUT2D eigenvalue weighted by molar-refractivity contribution is 9.10. The van der Waals surface area contributed by atoms with Gasteiger partial charge in [0.2, 0.25) is 0 Å². The van der Waals surface area contributed by atoms with Crippen LogP contribution in [0.25, 0.3) is 0 Å². The summed E-state index contributed by atoms with van der Waals surface area (Å²) in [5, 5.41) is 17.5. The van der Waals surface area contributed by atoms with Gasteiger partial charge in [0.15, 0.2) is 0 Å². The molecular formula is C15H17BrN2O3. The molecular weight excluding hydrogens is 336 g/mol. The topological polar surface area (TPSA) is 73.6 Å². The zero-order valence-corrected chi connectivity index (χ0v) is 13.2. The van der Waals surface area contributed by atoms with E-state index in [1.165, 1.54) is 0 Å². The quantitative estimate of drug-likeness (QED) is 0.881. The van der Waals surface area contributed by atoms with Gasteiger partial charge < -0.3 is 14.7 Å². The van der Waals surface area contributed by atoms with Crippen LogP contribution in [0.4, 0.5) is 5.69 Å². The lowest BCUT2D eigenvalue weighted by Crippen LogP contribution is -2.37. The maximum atomic E-state index is 10.5. The highest BCUT2D eigenvalue weighted by atomic mass is 79.9. The normalized spacial score (nSPS) is 15.7. The second-order valence-corrected chi connectivity index (χ2v) is 5.83. The second-order valence-electron chi connectivity index (χ2n) is 4.98. The van der Waals surface area contributed by atoms with Gasteiger partial charge in [-0.25, -0.2) is 0 Å². The first kappa shape index (κ1) is 15.8. The first-order chi connectivity index (χ1) is 10.1. The van der Waals surface area contributed by atoms with Crippen molar-refractivity contribution < 1.29 is 14.6 Å². The van der Waals surface area contributed by atoms with Gasteiger partial charge in [0, 0.05) is 17.6 Å². The van der Waals surface area contributed by atoms with E-state index in [0.717, 1.165) is 36.1 Å². The Kier molecular flexibility index (Phi) is 5.59. The number of anilines is 1. The molecule has 1 saturated heterocycles. The molecule has 5 nitrogen and oxygen atoms in total. The van der Waals surface area contributed by atoms with Gasteiger partial charge in [-0.3, -0.25) is 4.79 Å². The van der Waals surface area contributed by atoms with E-state index in [2.05, 4.69) is 26.9 Å². The molecule has 1 aromatic rings. The van der Waals surface area contributed by atoms with Crippen molar-refractivity contribution in [2.45, 2.75) is 25.4 Å². The number of carboxylic acids is 1. The number of piperidine rings is 1. The van der Waals surface area contributed by atoms with Crippen LogP contribution in [0.3, 0.4) is 0 Å². The molecule has 1 fully saturated rings. The van der Waals surface area contributed by atoms with Crippen LogP contribution in [0.15, 0.2) is 22.7 Å². The van der Waals surface area contributed by atoms with Crippen LogP contribution in [0.5, 0.6) is 0 Å². The Morgan fingerprint density at radius 1 is 1.48 bits per heavy atom. The fraction of sp³-hybridized carbons (Fsp3) is 0.467. The number of halogens is 1. The van der Waals surface area contributed by atoms with Crippen molar-refractivity contribution in [1.82, 2.24) is 0 Å². The first-order valence-corrected chi connectivity index (χ1v) is 7.67. The standard InChI is InChI=1S/C15H17BrN2O3/c16-13-9-11(10-17)1-2-14(13)18-6-3-12(4-7-18)21-8-5-15(19)20/h1-2,9,12H,3-8H2,(H,19,20). The Labute approximate surface area is 132 Å². The number of hydrogen-bond donors (Lipinski definition) is 1. The number of ether oxygens (including phenoxy) is 1.